The molecular formula is C22H30N4O4. The number of phenols is 1. The van der Waals surface area contributed by atoms with Gasteiger partial charge in [0.1, 0.15) is 11.8 Å². The first-order valence-corrected chi connectivity index (χ1v) is 10.9. The Balaban J connectivity index is 1.43. The van der Waals surface area contributed by atoms with E-state index in [1.165, 1.54) is 0 Å². The molecule has 8 nitrogen and oxygen atoms in total. The molecule has 4 rings (SSSR count). The molecule has 0 radical (unpaired) electrons. The number of nitrogens with two attached hydrogens (primary N) is 1. The summed E-state index contributed by atoms with van der Waals surface area (Å²) in [6, 6.07) is 5.73. The number of aromatic hydroxyl groups is 1. The van der Waals surface area contributed by atoms with Gasteiger partial charge in [0.2, 0.25) is 17.7 Å². The van der Waals surface area contributed by atoms with E-state index in [1.807, 2.05) is 4.90 Å². The zero-order valence-corrected chi connectivity index (χ0v) is 17.1. The largest absolute Gasteiger partial charge is 0.508 e. The number of carbonyl (C=O) groups is 3. The molecule has 0 spiro atoms. The van der Waals surface area contributed by atoms with Crippen molar-refractivity contribution in [2.24, 2.45) is 11.7 Å². The van der Waals surface area contributed by atoms with E-state index < -0.39 is 12.1 Å². The molecule has 3 heterocycles. The Morgan fingerprint density at radius 3 is 2.57 bits per heavy atom. The van der Waals surface area contributed by atoms with Gasteiger partial charge in [0.05, 0.1) is 12.0 Å². The summed E-state index contributed by atoms with van der Waals surface area (Å²) in [4.78, 5) is 41.9. The summed E-state index contributed by atoms with van der Waals surface area (Å²) in [5.41, 5.74) is 6.71. The molecule has 0 bridgehead atoms. The van der Waals surface area contributed by atoms with Gasteiger partial charge in [0.25, 0.3) is 0 Å². The van der Waals surface area contributed by atoms with E-state index >= 15 is 0 Å². The molecule has 3 saturated heterocycles. The maximum absolute atomic E-state index is 13.1. The molecule has 0 aliphatic carbocycles. The summed E-state index contributed by atoms with van der Waals surface area (Å²) >= 11 is 0. The van der Waals surface area contributed by atoms with Gasteiger partial charge in [0, 0.05) is 32.1 Å². The number of carbonyl (C=O) groups excluding carboxylic acids is 3. The van der Waals surface area contributed by atoms with Crippen molar-refractivity contribution >= 4 is 17.7 Å². The first-order valence-electron chi connectivity index (χ1n) is 10.9. The number of nitrogens with one attached hydrogen (secondary N) is 1. The van der Waals surface area contributed by atoms with Crippen LogP contribution in [0.4, 0.5) is 0 Å². The zero-order chi connectivity index (χ0) is 21.3. The molecular weight excluding hydrogens is 384 g/mol. The highest BCUT2D eigenvalue weighted by Crippen LogP contribution is 2.30. The Kier molecular flexibility index (Phi) is 5.94. The number of amides is 3. The van der Waals surface area contributed by atoms with Crippen LogP contribution in [0.25, 0.3) is 0 Å². The van der Waals surface area contributed by atoms with Crippen LogP contribution in [-0.4, -0.2) is 70.4 Å². The van der Waals surface area contributed by atoms with E-state index in [0.29, 0.717) is 32.0 Å². The predicted octanol–water partition coefficient (Wildman–Crippen LogP) is 0.380. The van der Waals surface area contributed by atoms with E-state index in [-0.39, 0.29) is 29.4 Å². The summed E-state index contributed by atoms with van der Waals surface area (Å²) in [5.74, 6) is -0.396. The Morgan fingerprint density at radius 1 is 1.10 bits per heavy atom. The van der Waals surface area contributed by atoms with E-state index in [2.05, 4.69) is 5.32 Å². The van der Waals surface area contributed by atoms with Crippen LogP contribution in [0.5, 0.6) is 5.75 Å². The van der Waals surface area contributed by atoms with Gasteiger partial charge in [-0.2, -0.15) is 0 Å². The number of piperidine rings is 1. The predicted molar refractivity (Wildman–Crippen MR) is 110 cm³/mol. The quantitative estimate of drug-likeness (QED) is 0.622. The number of hydrogen-bond acceptors (Lipinski definition) is 5. The number of phenolic OH excluding ortho intramolecular Hbond substituents is 1. The number of hydrogen-bond donors (Lipinski definition) is 3. The van der Waals surface area contributed by atoms with Crippen molar-refractivity contribution in [2.45, 2.75) is 56.7 Å². The van der Waals surface area contributed by atoms with Crippen molar-refractivity contribution in [3.05, 3.63) is 29.8 Å². The van der Waals surface area contributed by atoms with E-state index in [0.717, 1.165) is 37.8 Å². The third-order valence-electron chi connectivity index (χ3n) is 6.71. The van der Waals surface area contributed by atoms with Crippen molar-refractivity contribution in [3.63, 3.8) is 0 Å². The summed E-state index contributed by atoms with van der Waals surface area (Å²) < 4.78 is 0. The van der Waals surface area contributed by atoms with Crippen molar-refractivity contribution < 1.29 is 19.5 Å². The highest BCUT2D eigenvalue weighted by molar-refractivity contribution is 5.91. The fraction of sp³-hybridized carbons (Fsp3) is 0.591. The molecule has 3 amide bonds. The van der Waals surface area contributed by atoms with Gasteiger partial charge in [-0.25, -0.2) is 0 Å². The average molecular weight is 415 g/mol. The Bertz CT molecular complexity index is 812. The van der Waals surface area contributed by atoms with Crippen LogP contribution < -0.4 is 11.1 Å². The fourth-order valence-corrected chi connectivity index (χ4v) is 4.94. The summed E-state index contributed by atoms with van der Waals surface area (Å²) in [5, 5.41) is 12.4. The Labute approximate surface area is 176 Å². The van der Waals surface area contributed by atoms with Crippen molar-refractivity contribution in [3.8, 4) is 5.75 Å². The van der Waals surface area contributed by atoms with Gasteiger partial charge >= 0.3 is 0 Å². The first kappa shape index (κ1) is 20.7. The van der Waals surface area contributed by atoms with Crippen LogP contribution in [0.3, 0.4) is 0 Å². The molecule has 0 aromatic heterocycles. The fourth-order valence-electron chi connectivity index (χ4n) is 4.94. The molecule has 8 heteroatoms. The molecule has 30 heavy (non-hydrogen) atoms. The maximum Gasteiger partial charge on any atom is 0.243 e. The van der Waals surface area contributed by atoms with Crippen LogP contribution in [0, 0.1) is 5.92 Å². The van der Waals surface area contributed by atoms with Gasteiger partial charge in [0.15, 0.2) is 0 Å². The van der Waals surface area contributed by atoms with Gasteiger partial charge in [-0.1, -0.05) is 12.1 Å². The number of likely N-dealkylation sites (tertiary alicyclic amines) is 1. The van der Waals surface area contributed by atoms with E-state index in [9.17, 15) is 19.5 Å². The Hall–Kier alpha value is -2.61. The molecule has 0 saturated carbocycles. The number of nitrogens with zero attached hydrogens (tertiary/aromatic N) is 2. The average Bonchev–Trinajstić information content (AvgIpc) is 3.35. The smallest absolute Gasteiger partial charge is 0.243 e. The number of rotatable bonds is 6. The van der Waals surface area contributed by atoms with Crippen molar-refractivity contribution in [1.82, 2.24) is 15.1 Å². The van der Waals surface area contributed by atoms with Crippen molar-refractivity contribution in [1.29, 1.82) is 0 Å². The second-order valence-electron chi connectivity index (χ2n) is 8.66. The highest BCUT2D eigenvalue weighted by atomic mass is 16.3. The molecule has 3 fully saturated rings. The topological polar surface area (TPSA) is 116 Å². The van der Waals surface area contributed by atoms with Crippen LogP contribution in [-0.2, 0) is 20.8 Å². The van der Waals surface area contributed by atoms with Crippen LogP contribution in [0.2, 0.25) is 0 Å². The molecule has 3 aliphatic rings. The minimum absolute atomic E-state index is 0.137. The molecule has 4 atom stereocenters. The molecule has 3 aliphatic heterocycles. The second kappa shape index (κ2) is 8.63. The third-order valence-corrected chi connectivity index (χ3v) is 6.71. The molecule has 162 valence electrons. The Morgan fingerprint density at radius 2 is 1.87 bits per heavy atom. The molecule has 1 aromatic rings. The lowest BCUT2D eigenvalue weighted by Gasteiger charge is -2.35. The SMILES string of the molecule is N[C@@H]1CCN([C@H](Cc2ccc(O)cc2)C(=O)NC[C@@H]2CC[C@@H]3CCCN3C2=O)C1=O. The molecule has 1 aromatic carbocycles. The standard InChI is InChI=1S/C22H30N4O4/c23-18-9-11-26(22(18)30)19(12-14-3-7-17(27)8-4-14)20(28)24-13-15-5-6-16-2-1-10-25(16)21(15)29/h3-4,7-8,15-16,18-19,27H,1-2,5-6,9-13,23H2,(H,24,28)/t15-,16-,18+,19+/m0/s1. The first-order chi connectivity index (χ1) is 14.4. The lowest BCUT2D eigenvalue weighted by molar-refractivity contribution is -0.141. The monoisotopic (exact) mass is 414 g/mol. The van der Waals surface area contributed by atoms with Crippen LogP contribution in [0.15, 0.2) is 24.3 Å². The number of fused-ring (bicyclic) bond motifs is 1. The van der Waals surface area contributed by atoms with Gasteiger partial charge in [-0.15, -0.1) is 0 Å². The third kappa shape index (κ3) is 4.14. The van der Waals surface area contributed by atoms with Gasteiger partial charge < -0.3 is 26.0 Å². The zero-order valence-electron chi connectivity index (χ0n) is 17.1. The minimum atomic E-state index is -0.686. The highest BCUT2D eigenvalue weighted by Gasteiger charge is 2.40. The van der Waals surface area contributed by atoms with Crippen LogP contribution >= 0.6 is 0 Å². The summed E-state index contributed by atoms with van der Waals surface area (Å²) in [6.45, 7) is 1.55. The van der Waals surface area contributed by atoms with Gasteiger partial charge in [-0.05, 0) is 49.8 Å². The summed E-state index contributed by atoms with van der Waals surface area (Å²) in [7, 11) is 0. The summed E-state index contributed by atoms with van der Waals surface area (Å²) in [6.07, 6.45) is 4.77. The minimum Gasteiger partial charge on any atom is -0.508 e. The molecule has 4 N–H and O–H groups in total. The van der Waals surface area contributed by atoms with Crippen molar-refractivity contribution in [2.75, 3.05) is 19.6 Å². The normalized spacial score (nSPS) is 27.3. The lowest BCUT2D eigenvalue weighted by atomic mass is 9.92. The lowest BCUT2D eigenvalue weighted by Crippen LogP contribution is -2.53. The van der Waals surface area contributed by atoms with E-state index in [4.69, 9.17) is 5.73 Å². The van der Waals surface area contributed by atoms with E-state index in [1.54, 1.807) is 29.2 Å². The van der Waals surface area contributed by atoms with Gasteiger partial charge in [-0.3, -0.25) is 14.4 Å². The maximum atomic E-state index is 13.1. The molecule has 0 unspecified atom stereocenters. The van der Waals surface area contributed by atoms with Crippen LogP contribution in [0.1, 0.15) is 37.7 Å². The number of benzene rings is 1. The second-order valence-corrected chi connectivity index (χ2v) is 8.66.